The molecular weight excluding hydrogens is 214 g/mol. The van der Waals surface area contributed by atoms with Crippen LogP contribution in [0.2, 0.25) is 0 Å². The maximum atomic E-state index is 11.2. The zero-order chi connectivity index (χ0) is 10.9. The van der Waals surface area contributed by atoms with Gasteiger partial charge in [0.25, 0.3) is 0 Å². The third kappa shape index (κ3) is 3.43. The minimum atomic E-state index is -2.81. The number of rotatable bonds is 5. The molecule has 0 aromatic rings. The normalized spacial score (nSPS) is 31.7. The Morgan fingerprint density at radius 3 is 2.60 bits per heavy atom. The first-order valence-electron chi connectivity index (χ1n) is 5.60. The molecule has 15 heavy (non-hydrogen) atoms. The van der Waals surface area contributed by atoms with Crippen molar-refractivity contribution in [1.82, 2.24) is 0 Å². The monoisotopic (exact) mass is 233 g/mol. The Labute approximate surface area is 91.1 Å². The average Bonchev–Trinajstić information content (AvgIpc) is 2.90. The molecule has 1 saturated heterocycles. The first kappa shape index (κ1) is 11.4. The minimum Gasteiger partial charge on any atom is -0.380 e. The first-order chi connectivity index (χ1) is 7.07. The van der Waals surface area contributed by atoms with E-state index in [1.54, 1.807) is 0 Å². The highest BCUT2D eigenvalue weighted by Crippen LogP contribution is 2.29. The van der Waals surface area contributed by atoms with E-state index in [1.165, 1.54) is 12.8 Å². The van der Waals surface area contributed by atoms with E-state index in [1.807, 2.05) is 0 Å². The molecule has 0 spiro atoms. The van der Waals surface area contributed by atoms with Crippen molar-refractivity contribution in [2.75, 3.05) is 24.7 Å². The Balaban J connectivity index is 1.68. The summed E-state index contributed by atoms with van der Waals surface area (Å²) in [5, 5.41) is 0. The molecule has 2 fully saturated rings. The lowest BCUT2D eigenvalue weighted by molar-refractivity contribution is 0.1000. The summed E-state index contributed by atoms with van der Waals surface area (Å²) in [5.41, 5.74) is 5.92. The highest BCUT2D eigenvalue weighted by molar-refractivity contribution is 7.91. The van der Waals surface area contributed by atoms with Crippen molar-refractivity contribution >= 4 is 9.84 Å². The van der Waals surface area contributed by atoms with Crippen molar-refractivity contribution < 1.29 is 13.2 Å². The van der Waals surface area contributed by atoms with Crippen LogP contribution in [0.3, 0.4) is 0 Å². The Bertz CT molecular complexity index is 311. The van der Waals surface area contributed by atoms with Crippen molar-refractivity contribution in [1.29, 1.82) is 0 Å². The summed E-state index contributed by atoms with van der Waals surface area (Å²) < 4.78 is 28.0. The highest BCUT2D eigenvalue weighted by atomic mass is 32.2. The summed E-state index contributed by atoms with van der Waals surface area (Å²) >= 11 is 0. The lowest BCUT2D eigenvalue weighted by atomic mass is 10.0. The van der Waals surface area contributed by atoms with Crippen LogP contribution in [0.1, 0.15) is 19.3 Å². The molecule has 5 heteroatoms. The molecular formula is C10H19NO3S. The van der Waals surface area contributed by atoms with E-state index in [-0.39, 0.29) is 17.7 Å². The summed E-state index contributed by atoms with van der Waals surface area (Å²) in [6.45, 7) is 1.31. The largest absolute Gasteiger partial charge is 0.380 e. The molecule has 0 aromatic heterocycles. The van der Waals surface area contributed by atoms with Crippen LogP contribution >= 0.6 is 0 Å². The highest BCUT2D eigenvalue weighted by Gasteiger charge is 2.32. The van der Waals surface area contributed by atoms with Crippen molar-refractivity contribution in [3.05, 3.63) is 0 Å². The molecule has 2 aliphatic rings. The maximum Gasteiger partial charge on any atom is 0.150 e. The fourth-order valence-corrected chi connectivity index (χ4v) is 3.85. The van der Waals surface area contributed by atoms with Crippen LogP contribution < -0.4 is 5.73 Å². The molecule has 1 saturated carbocycles. The molecule has 4 nitrogen and oxygen atoms in total. The molecule has 2 unspecified atom stereocenters. The molecule has 2 rings (SSSR count). The van der Waals surface area contributed by atoms with Crippen molar-refractivity contribution in [2.45, 2.75) is 25.3 Å². The molecule has 88 valence electrons. The number of hydrogen-bond acceptors (Lipinski definition) is 4. The van der Waals surface area contributed by atoms with Crippen LogP contribution in [-0.4, -0.2) is 39.2 Å². The fraction of sp³-hybridized carbons (Fsp3) is 1.00. The predicted octanol–water partition coefficient (Wildman–Crippen LogP) is 0.175. The smallest absolute Gasteiger partial charge is 0.150 e. The van der Waals surface area contributed by atoms with Crippen molar-refractivity contribution in [3.63, 3.8) is 0 Å². The van der Waals surface area contributed by atoms with Crippen LogP contribution in [0.15, 0.2) is 0 Å². The van der Waals surface area contributed by atoms with E-state index in [4.69, 9.17) is 10.5 Å². The van der Waals surface area contributed by atoms with Gasteiger partial charge in [-0.3, -0.25) is 0 Å². The number of hydrogen-bond donors (Lipinski definition) is 1. The molecule has 1 aliphatic carbocycles. The zero-order valence-electron chi connectivity index (χ0n) is 8.89. The summed E-state index contributed by atoms with van der Waals surface area (Å²) in [6.07, 6.45) is 3.25. The van der Waals surface area contributed by atoms with Gasteiger partial charge in [0, 0.05) is 12.6 Å². The molecule has 2 N–H and O–H groups in total. The first-order valence-corrected chi connectivity index (χ1v) is 7.43. The molecule has 0 bridgehead atoms. The molecule has 0 radical (unpaired) electrons. The number of nitrogens with two attached hydrogens (primary N) is 1. The van der Waals surface area contributed by atoms with Gasteiger partial charge in [-0.1, -0.05) is 0 Å². The average molecular weight is 233 g/mol. The number of ether oxygens (including phenoxy) is 1. The molecule has 2 atom stereocenters. The van der Waals surface area contributed by atoms with Crippen molar-refractivity contribution in [2.24, 2.45) is 17.6 Å². The van der Waals surface area contributed by atoms with Gasteiger partial charge >= 0.3 is 0 Å². The summed E-state index contributed by atoms with van der Waals surface area (Å²) in [4.78, 5) is 0. The molecule has 0 amide bonds. The van der Waals surface area contributed by atoms with Crippen LogP contribution in [0.5, 0.6) is 0 Å². The van der Waals surface area contributed by atoms with Crippen LogP contribution in [0.4, 0.5) is 0 Å². The van der Waals surface area contributed by atoms with E-state index < -0.39 is 9.84 Å². The van der Waals surface area contributed by atoms with E-state index >= 15 is 0 Å². The van der Waals surface area contributed by atoms with Crippen molar-refractivity contribution in [3.8, 4) is 0 Å². The zero-order valence-corrected chi connectivity index (χ0v) is 9.71. The fourth-order valence-electron chi connectivity index (χ4n) is 1.95. The summed E-state index contributed by atoms with van der Waals surface area (Å²) in [6, 6.07) is -0.110. The van der Waals surface area contributed by atoms with Gasteiger partial charge in [0.1, 0.15) is 0 Å². The SMILES string of the molecule is NC(COCC1CC1)C1CCS(=O)(=O)C1. The summed E-state index contributed by atoms with van der Waals surface area (Å²) in [7, 11) is -2.81. The van der Waals surface area contributed by atoms with Gasteiger partial charge in [0.15, 0.2) is 9.84 Å². The lowest BCUT2D eigenvalue weighted by Crippen LogP contribution is -2.35. The van der Waals surface area contributed by atoms with Crippen LogP contribution in [0.25, 0.3) is 0 Å². The number of sulfone groups is 1. The second-order valence-electron chi connectivity index (χ2n) is 4.81. The van der Waals surface area contributed by atoms with Gasteiger partial charge in [-0.2, -0.15) is 0 Å². The summed E-state index contributed by atoms with van der Waals surface area (Å²) in [5.74, 6) is 1.40. The molecule has 1 heterocycles. The lowest BCUT2D eigenvalue weighted by Gasteiger charge is -2.17. The second kappa shape index (κ2) is 4.39. The van der Waals surface area contributed by atoms with Crippen LogP contribution in [0, 0.1) is 11.8 Å². The van der Waals surface area contributed by atoms with Gasteiger partial charge in [0.2, 0.25) is 0 Å². The van der Waals surface area contributed by atoms with Gasteiger partial charge in [-0.15, -0.1) is 0 Å². The third-order valence-electron chi connectivity index (χ3n) is 3.23. The standard InChI is InChI=1S/C10H19NO3S/c11-10(6-14-5-8-1-2-8)9-3-4-15(12,13)7-9/h8-10H,1-7,11H2. The Morgan fingerprint density at radius 1 is 1.33 bits per heavy atom. The minimum absolute atomic E-state index is 0.106. The maximum absolute atomic E-state index is 11.2. The quantitative estimate of drug-likeness (QED) is 0.735. The van der Waals surface area contributed by atoms with E-state index in [0.29, 0.717) is 18.8 Å². The van der Waals surface area contributed by atoms with E-state index in [2.05, 4.69) is 0 Å². The van der Waals surface area contributed by atoms with Gasteiger partial charge in [0.05, 0.1) is 18.1 Å². The Hall–Kier alpha value is -0.130. The van der Waals surface area contributed by atoms with E-state index in [0.717, 1.165) is 12.5 Å². The van der Waals surface area contributed by atoms with Gasteiger partial charge in [-0.25, -0.2) is 8.42 Å². The van der Waals surface area contributed by atoms with Gasteiger partial charge in [-0.05, 0) is 31.1 Å². The third-order valence-corrected chi connectivity index (χ3v) is 5.03. The van der Waals surface area contributed by atoms with Gasteiger partial charge < -0.3 is 10.5 Å². The predicted molar refractivity (Wildman–Crippen MR) is 58.3 cm³/mol. The Kier molecular flexibility index (Phi) is 3.33. The van der Waals surface area contributed by atoms with E-state index in [9.17, 15) is 8.42 Å². The molecule has 1 aliphatic heterocycles. The molecule has 0 aromatic carbocycles. The second-order valence-corrected chi connectivity index (χ2v) is 7.04. The topological polar surface area (TPSA) is 69.4 Å². The Morgan fingerprint density at radius 2 is 2.07 bits per heavy atom. The van der Waals surface area contributed by atoms with Crippen LogP contribution in [-0.2, 0) is 14.6 Å².